The van der Waals surface area contributed by atoms with Crippen LogP contribution >= 0.6 is 0 Å². The number of aliphatic hydroxyl groups is 1. The molecule has 1 amide bonds. The van der Waals surface area contributed by atoms with E-state index in [-0.39, 0.29) is 63.1 Å². The van der Waals surface area contributed by atoms with E-state index in [4.69, 9.17) is 32.5 Å². The summed E-state index contributed by atoms with van der Waals surface area (Å²) in [6.07, 6.45) is -21.7. The number of carbonyl (C=O) groups excluding carboxylic acids is 1. The number of nitrogens with zero attached hydrogens (tertiary/aromatic N) is 3. The lowest BCUT2D eigenvalue weighted by Gasteiger charge is -2.49. The zero-order valence-electron chi connectivity index (χ0n) is 46.5. The average molecular weight is 1270 g/mol. The third-order valence-electron chi connectivity index (χ3n) is 14.1. The molecular weight excluding hydrogens is 1200 g/mol. The van der Waals surface area contributed by atoms with E-state index in [1.54, 1.807) is 91.0 Å². The molecule has 2 aliphatic heterocycles. The van der Waals surface area contributed by atoms with Crippen LogP contribution in [0.15, 0.2) is 127 Å². The maximum atomic E-state index is 13.9. The maximum Gasteiger partial charge on any atom is 0.416 e. The first-order chi connectivity index (χ1) is 39.9. The van der Waals surface area contributed by atoms with Gasteiger partial charge in [0.25, 0.3) is 0 Å². The number of benzene rings is 5. The van der Waals surface area contributed by atoms with E-state index >= 15 is 0 Å². The Balaban J connectivity index is 0.000000313. The quantitative estimate of drug-likeness (QED) is 0.0548. The Kier molecular flexibility index (Phi) is 22.3. The topological polar surface area (TPSA) is 181 Å². The Morgan fingerprint density at radius 2 is 0.977 bits per heavy atom. The van der Waals surface area contributed by atoms with E-state index in [9.17, 15) is 74.3 Å². The van der Waals surface area contributed by atoms with Gasteiger partial charge in [-0.25, -0.2) is 34.8 Å². The fourth-order valence-electron chi connectivity index (χ4n) is 9.72. The second-order valence-electron chi connectivity index (χ2n) is 20.4. The normalized spacial score (nSPS) is 21.9. The van der Waals surface area contributed by atoms with Crippen LogP contribution in [0.1, 0.15) is 102 Å². The molecule has 86 heavy (non-hydrogen) atoms. The van der Waals surface area contributed by atoms with Gasteiger partial charge in [0, 0.05) is 20.0 Å². The summed E-state index contributed by atoms with van der Waals surface area (Å²) in [7, 11) is -6.66. The van der Waals surface area contributed by atoms with Gasteiger partial charge in [-0.05, 0) is 90.9 Å². The highest BCUT2D eigenvalue weighted by atomic mass is 32.2. The first kappa shape index (κ1) is 69.9. The third kappa shape index (κ3) is 18.4. The van der Waals surface area contributed by atoms with Crippen molar-refractivity contribution in [2.24, 2.45) is 0 Å². The molecule has 0 saturated carbocycles. The summed E-state index contributed by atoms with van der Waals surface area (Å²) in [5.74, 6) is 0. The first-order valence-corrected chi connectivity index (χ1v) is 29.5. The van der Waals surface area contributed by atoms with Gasteiger partial charge in [-0.1, -0.05) is 91.0 Å². The van der Waals surface area contributed by atoms with Crippen molar-refractivity contribution >= 4 is 26.1 Å². The Labute approximate surface area is 489 Å². The van der Waals surface area contributed by atoms with Gasteiger partial charge in [-0.3, -0.25) is 19.9 Å². The molecule has 7 rings (SSSR count). The van der Waals surface area contributed by atoms with Gasteiger partial charge in [0.1, 0.15) is 13.2 Å². The lowest BCUT2D eigenvalue weighted by molar-refractivity contribution is -0.145. The van der Waals surface area contributed by atoms with Crippen LogP contribution in [0.4, 0.5) is 57.5 Å². The van der Waals surface area contributed by atoms with Crippen molar-refractivity contribution in [3.63, 3.8) is 0 Å². The minimum absolute atomic E-state index is 0.0199. The molecular formula is C57H60F12N6O9S2. The average Bonchev–Trinajstić information content (AvgIpc) is 0.821. The highest BCUT2D eigenvalue weighted by molar-refractivity contribution is 7.89. The first-order valence-electron chi connectivity index (χ1n) is 25.7. The molecule has 0 aliphatic carbocycles. The Hall–Kier alpha value is -6.83. The number of amides is 1. The van der Waals surface area contributed by atoms with Gasteiger partial charge in [0.05, 0.1) is 77.8 Å². The number of hydrogen-bond donors (Lipinski definition) is 4. The van der Waals surface area contributed by atoms with Crippen molar-refractivity contribution < 1.29 is 93.6 Å². The van der Waals surface area contributed by atoms with Crippen LogP contribution < -0.4 is 14.8 Å². The van der Waals surface area contributed by atoms with Crippen LogP contribution in [0.2, 0.25) is 0 Å². The van der Waals surface area contributed by atoms with E-state index in [0.717, 1.165) is 24.5 Å². The number of aliphatic hydroxyl groups excluding tert-OH is 1. The van der Waals surface area contributed by atoms with Gasteiger partial charge < -0.3 is 19.3 Å². The number of likely N-dealkylation sites (tertiary alicyclic amines) is 1. The summed E-state index contributed by atoms with van der Waals surface area (Å²) in [5.41, 5.74) is -10.5. The van der Waals surface area contributed by atoms with Crippen LogP contribution in [0, 0.1) is 13.1 Å². The number of hydrogen-bond acceptors (Lipinski definition) is 10. The number of carbonyl (C=O) groups is 1. The predicted octanol–water partition coefficient (Wildman–Crippen LogP) is 12.1. The number of halogens is 12. The molecule has 5 aromatic rings. The molecule has 15 nitrogen and oxygen atoms in total. The Morgan fingerprint density at radius 3 is 1.36 bits per heavy atom. The number of ether oxygens (including phenoxy) is 3. The SMILES string of the molecule is CO.[C-]#[N+][C@@]1(NS(C)(=O)=O)CC[C@@](CO[C@H](C)c2cc(C(F)(F)F)cc(C(F)(F)F)c2)(c2ccccc2)N(C(=O)OCc2ccccc2)C1.[C-]#[N+][C@@]1(NS(C)(=O)=O)CC[C@@](CO[C@H](C)c2cc(C(F)(F)F)cc(C(F)(F)F)c2)(c2ccccc2)NC1. The molecule has 5 aromatic carbocycles. The number of alkyl halides is 12. The van der Waals surface area contributed by atoms with Gasteiger partial charge in [0.15, 0.2) is 0 Å². The highest BCUT2D eigenvalue weighted by Crippen LogP contribution is 2.46. The summed E-state index contributed by atoms with van der Waals surface area (Å²) in [5, 5.41) is 10.2. The molecule has 0 unspecified atom stereocenters. The Bertz CT molecular complexity index is 3350. The Morgan fingerprint density at radius 1 is 0.593 bits per heavy atom. The minimum Gasteiger partial charge on any atom is -0.445 e. The second kappa shape index (κ2) is 27.5. The van der Waals surface area contributed by atoms with Crippen molar-refractivity contribution in [2.45, 2.75) is 105 Å². The van der Waals surface area contributed by atoms with Crippen LogP contribution in [0.25, 0.3) is 9.69 Å². The number of piperidine rings is 2. The summed E-state index contributed by atoms with van der Waals surface area (Å²) >= 11 is 0. The van der Waals surface area contributed by atoms with Crippen molar-refractivity contribution in [2.75, 3.05) is 45.9 Å². The molecule has 2 aliphatic rings. The molecule has 0 spiro atoms. The monoisotopic (exact) mass is 1260 g/mol. The molecule has 4 N–H and O–H groups in total. The number of rotatable bonds is 16. The zero-order valence-corrected chi connectivity index (χ0v) is 48.2. The minimum atomic E-state index is -5.07. The summed E-state index contributed by atoms with van der Waals surface area (Å²) in [6.45, 7) is 16.6. The molecule has 0 bridgehead atoms. The van der Waals surface area contributed by atoms with E-state index < -0.39 is 126 Å². The summed E-state index contributed by atoms with van der Waals surface area (Å²) < 4.78 is 231. The molecule has 2 saturated heterocycles. The number of sulfonamides is 2. The fourth-order valence-corrected chi connectivity index (χ4v) is 11.5. The number of nitrogens with one attached hydrogen (secondary N) is 3. The van der Waals surface area contributed by atoms with Gasteiger partial charge in [-0.2, -0.15) is 52.7 Å². The van der Waals surface area contributed by atoms with E-state index in [1.807, 2.05) is 0 Å². The van der Waals surface area contributed by atoms with Gasteiger partial charge in [0.2, 0.25) is 20.0 Å². The molecule has 29 heteroatoms. The van der Waals surface area contributed by atoms with E-state index in [1.165, 1.54) is 13.8 Å². The largest absolute Gasteiger partial charge is 0.445 e. The van der Waals surface area contributed by atoms with Crippen LogP contribution in [-0.2, 0) is 76.6 Å². The van der Waals surface area contributed by atoms with Crippen LogP contribution in [0.3, 0.4) is 0 Å². The van der Waals surface area contributed by atoms with Crippen molar-refractivity contribution in [1.29, 1.82) is 0 Å². The lowest BCUT2D eigenvalue weighted by atomic mass is 9.78. The van der Waals surface area contributed by atoms with Crippen LogP contribution in [0.5, 0.6) is 0 Å². The molecule has 0 radical (unpaired) electrons. The maximum absolute atomic E-state index is 13.9. The van der Waals surface area contributed by atoms with Crippen molar-refractivity contribution in [3.8, 4) is 0 Å². The summed E-state index contributed by atoms with van der Waals surface area (Å²) in [4.78, 5) is 22.0. The standard InChI is InChI=1S/C32H31F6N3O5S.C24H25F6N3O3S.CH4O/c1-22(24-16-26(31(33,34)35)18-27(17-24)32(36,37)38)46-21-29(25-12-8-5-9-13-25)14-15-30(39-2,40-47(3,43)44)20-41(29)28(42)45-19-23-10-6-4-7-11-23;1-16(17-11-19(23(25,26)27)13-20(12-17)24(28,29)30)36-15-21(18-7-5-4-6-8-18)9-10-22(31-2,14-32-21)33-37(3,34)35;1-2/h4-13,16-18,22,40H,14-15,19-21H2,1,3H3;4-8,11-13,16,32-33H,9-10,14-15H2,1,3H3;2H,1H3/t22-,29-,30-;16-,21-,22-;/m11./s1. The van der Waals surface area contributed by atoms with Gasteiger partial charge in [-0.15, -0.1) is 9.44 Å². The predicted molar refractivity (Wildman–Crippen MR) is 290 cm³/mol. The molecule has 0 aromatic heterocycles. The third-order valence-corrected chi connectivity index (χ3v) is 15.6. The summed E-state index contributed by atoms with van der Waals surface area (Å²) in [6, 6.07) is 28.2. The highest BCUT2D eigenvalue weighted by Gasteiger charge is 2.57. The van der Waals surface area contributed by atoms with Crippen molar-refractivity contribution in [3.05, 3.63) is 200 Å². The van der Waals surface area contributed by atoms with Gasteiger partial charge >= 0.3 is 42.1 Å². The van der Waals surface area contributed by atoms with E-state index in [0.29, 0.717) is 41.0 Å². The molecule has 468 valence electrons. The second-order valence-corrected chi connectivity index (χ2v) is 23.9. The van der Waals surface area contributed by atoms with Crippen molar-refractivity contribution in [1.82, 2.24) is 19.7 Å². The fraction of sp³-hybridized carbons (Fsp3) is 0.421. The molecule has 2 fully saturated rings. The molecule has 2 heterocycles. The van der Waals surface area contributed by atoms with E-state index in [2.05, 4.69) is 24.5 Å². The smallest absolute Gasteiger partial charge is 0.416 e. The van der Waals surface area contributed by atoms with Crippen LogP contribution in [-0.4, -0.2) is 90.2 Å². The molecule has 6 atom stereocenters. The zero-order chi connectivity index (χ0) is 64.4. The lowest BCUT2D eigenvalue weighted by Crippen LogP contribution is -2.65.